The summed E-state index contributed by atoms with van der Waals surface area (Å²) in [5, 5.41) is 4.77. The standard InChI is InChI=1S/C21H27N5S/c1-13(2)11-15(22)12-24-20-18-16-5-3-4-6-17(16)27-21(18)26-19(25-20)14-7-9-23-10-8-14/h7-10,13,15H,3-6,11-12,22H2,1-2H3,(H,24,25,26). The molecule has 0 radical (unpaired) electrons. The maximum absolute atomic E-state index is 6.32. The van der Waals surface area contributed by atoms with E-state index in [-0.39, 0.29) is 6.04 Å². The number of thiophene rings is 1. The smallest absolute Gasteiger partial charge is 0.163 e. The van der Waals surface area contributed by atoms with Crippen molar-refractivity contribution in [2.24, 2.45) is 11.7 Å². The molecule has 142 valence electrons. The third-order valence-electron chi connectivity index (χ3n) is 5.06. The number of nitrogens with zero attached hydrogens (tertiary/aromatic N) is 3. The van der Waals surface area contributed by atoms with E-state index < -0.39 is 0 Å². The van der Waals surface area contributed by atoms with Crippen molar-refractivity contribution in [1.82, 2.24) is 15.0 Å². The lowest BCUT2D eigenvalue weighted by Crippen LogP contribution is -2.30. The van der Waals surface area contributed by atoms with Crippen molar-refractivity contribution in [3.63, 3.8) is 0 Å². The maximum Gasteiger partial charge on any atom is 0.163 e. The maximum atomic E-state index is 6.32. The van der Waals surface area contributed by atoms with Gasteiger partial charge in [-0.1, -0.05) is 13.8 Å². The molecule has 1 aliphatic rings. The lowest BCUT2D eigenvalue weighted by molar-refractivity contribution is 0.508. The van der Waals surface area contributed by atoms with Crippen LogP contribution in [0.4, 0.5) is 5.82 Å². The summed E-state index contributed by atoms with van der Waals surface area (Å²) >= 11 is 1.83. The minimum Gasteiger partial charge on any atom is -0.368 e. The largest absolute Gasteiger partial charge is 0.368 e. The van der Waals surface area contributed by atoms with Crippen LogP contribution >= 0.6 is 11.3 Å². The summed E-state index contributed by atoms with van der Waals surface area (Å²) in [6.45, 7) is 5.14. The van der Waals surface area contributed by atoms with E-state index in [0.717, 1.165) is 47.8 Å². The average Bonchev–Trinajstić information content (AvgIpc) is 3.05. The highest BCUT2D eigenvalue weighted by atomic mass is 32.1. The molecule has 0 saturated heterocycles. The van der Waals surface area contributed by atoms with Crippen LogP contribution in [0.15, 0.2) is 24.5 Å². The van der Waals surface area contributed by atoms with Gasteiger partial charge in [0.1, 0.15) is 10.6 Å². The lowest BCUT2D eigenvalue weighted by Gasteiger charge is -2.17. The first kappa shape index (κ1) is 18.3. The van der Waals surface area contributed by atoms with Crippen molar-refractivity contribution in [3.8, 4) is 11.4 Å². The SMILES string of the molecule is CC(C)CC(N)CNc1nc(-c2ccncc2)nc2sc3c(c12)CCCC3. The van der Waals surface area contributed by atoms with Gasteiger partial charge in [0.2, 0.25) is 0 Å². The summed E-state index contributed by atoms with van der Waals surface area (Å²) in [7, 11) is 0. The summed E-state index contributed by atoms with van der Waals surface area (Å²) in [6.07, 6.45) is 9.37. The molecule has 0 aromatic carbocycles. The predicted molar refractivity (Wildman–Crippen MR) is 113 cm³/mol. The van der Waals surface area contributed by atoms with E-state index in [1.54, 1.807) is 12.4 Å². The van der Waals surface area contributed by atoms with Crippen LogP contribution < -0.4 is 11.1 Å². The first-order valence-corrected chi connectivity index (χ1v) is 10.7. The topological polar surface area (TPSA) is 76.7 Å². The quantitative estimate of drug-likeness (QED) is 0.661. The molecule has 3 heterocycles. The van der Waals surface area contributed by atoms with Crippen molar-refractivity contribution in [2.45, 2.75) is 52.0 Å². The Hall–Kier alpha value is -2.05. The van der Waals surface area contributed by atoms with Crippen molar-refractivity contribution in [1.29, 1.82) is 0 Å². The second kappa shape index (κ2) is 7.90. The lowest BCUT2D eigenvalue weighted by atomic mass is 9.97. The molecule has 0 aliphatic heterocycles. The number of nitrogens with two attached hydrogens (primary N) is 1. The Labute approximate surface area is 164 Å². The van der Waals surface area contributed by atoms with Gasteiger partial charge in [-0.15, -0.1) is 11.3 Å². The number of anilines is 1. The van der Waals surface area contributed by atoms with Gasteiger partial charge in [0.25, 0.3) is 0 Å². The molecule has 0 amide bonds. The number of pyridine rings is 1. The predicted octanol–water partition coefficient (Wildman–Crippen LogP) is 4.42. The van der Waals surface area contributed by atoms with Gasteiger partial charge in [0.15, 0.2) is 5.82 Å². The number of rotatable bonds is 6. The van der Waals surface area contributed by atoms with Gasteiger partial charge in [-0.3, -0.25) is 4.98 Å². The molecular formula is C21H27N5S. The Bertz CT molecular complexity index is 919. The van der Waals surface area contributed by atoms with E-state index in [2.05, 4.69) is 24.1 Å². The van der Waals surface area contributed by atoms with Crippen LogP contribution in [-0.2, 0) is 12.8 Å². The zero-order valence-electron chi connectivity index (χ0n) is 16.0. The van der Waals surface area contributed by atoms with Gasteiger partial charge in [0.05, 0.1) is 5.39 Å². The molecule has 3 aromatic heterocycles. The van der Waals surface area contributed by atoms with Crippen LogP contribution in [-0.4, -0.2) is 27.5 Å². The van der Waals surface area contributed by atoms with Crippen molar-refractivity contribution < 1.29 is 0 Å². The highest BCUT2D eigenvalue weighted by molar-refractivity contribution is 7.19. The van der Waals surface area contributed by atoms with E-state index >= 15 is 0 Å². The molecule has 5 nitrogen and oxygen atoms in total. The Balaban J connectivity index is 1.75. The minimum absolute atomic E-state index is 0.119. The summed E-state index contributed by atoms with van der Waals surface area (Å²) in [6, 6.07) is 4.04. The monoisotopic (exact) mass is 381 g/mol. The van der Waals surface area contributed by atoms with Gasteiger partial charge in [0, 0.05) is 35.4 Å². The highest BCUT2D eigenvalue weighted by Gasteiger charge is 2.22. The van der Waals surface area contributed by atoms with Crippen LogP contribution in [0.5, 0.6) is 0 Å². The van der Waals surface area contributed by atoms with Gasteiger partial charge in [-0.25, -0.2) is 9.97 Å². The van der Waals surface area contributed by atoms with E-state index in [1.165, 1.54) is 28.7 Å². The van der Waals surface area contributed by atoms with Gasteiger partial charge in [-0.05, 0) is 55.7 Å². The van der Waals surface area contributed by atoms with Crippen molar-refractivity contribution in [3.05, 3.63) is 35.0 Å². The molecule has 1 aliphatic carbocycles. The third-order valence-corrected chi connectivity index (χ3v) is 6.24. The number of aromatic nitrogens is 3. The van der Waals surface area contributed by atoms with Gasteiger partial charge in [-0.2, -0.15) is 0 Å². The van der Waals surface area contributed by atoms with Crippen LogP contribution in [0.25, 0.3) is 21.6 Å². The fourth-order valence-corrected chi connectivity index (χ4v) is 5.09. The molecule has 3 aromatic rings. The molecule has 0 bridgehead atoms. The number of fused-ring (bicyclic) bond motifs is 3. The highest BCUT2D eigenvalue weighted by Crippen LogP contribution is 2.39. The van der Waals surface area contributed by atoms with Crippen LogP contribution in [0.1, 0.15) is 43.6 Å². The molecule has 1 unspecified atom stereocenters. The van der Waals surface area contributed by atoms with Crippen LogP contribution in [0.2, 0.25) is 0 Å². The molecule has 4 rings (SSSR count). The molecular weight excluding hydrogens is 354 g/mol. The molecule has 0 fully saturated rings. The van der Waals surface area contributed by atoms with Crippen LogP contribution in [0, 0.1) is 5.92 Å². The third kappa shape index (κ3) is 3.96. The molecule has 0 spiro atoms. The molecule has 0 saturated carbocycles. The summed E-state index contributed by atoms with van der Waals surface area (Å²) in [5.41, 5.74) is 8.76. The zero-order chi connectivity index (χ0) is 18.8. The number of hydrogen-bond acceptors (Lipinski definition) is 6. The summed E-state index contributed by atoms with van der Waals surface area (Å²) in [4.78, 5) is 16.5. The molecule has 6 heteroatoms. The molecule has 3 N–H and O–H groups in total. The first-order valence-electron chi connectivity index (χ1n) is 9.84. The zero-order valence-corrected chi connectivity index (χ0v) is 16.9. The van der Waals surface area contributed by atoms with E-state index in [1.807, 2.05) is 23.5 Å². The fourth-order valence-electron chi connectivity index (χ4n) is 3.83. The van der Waals surface area contributed by atoms with E-state index in [4.69, 9.17) is 15.7 Å². The fraction of sp³-hybridized carbons (Fsp3) is 0.476. The van der Waals surface area contributed by atoms with Gasteiger partial charge < -0.3 is 11.1 Å². The van der Waals surface area contributed by atoms with Crippen molar-refractivity contribution in [2.75, 3.05) is 11.9 Å². The normalized spacial score (nSPS) is 15.1. The summed E-state index contributed by atoms with van der Waals surface area (Å²) in [5.74, 6) is 2.28. The number of nitrogens with one attached hydrogen (secondary N) is 1. The number of hydrogen-bond donors (Lipinski definition) is 2. The van der Waals surface area contributed by atoms with E-state index in [9.17, 15) is 0 Å². The Morgan fingerprint density at radius 1 is 1.15 bits per heavy atom. The number of aryl methyl sites for hydroxylation is 2. The van der Waals surface area contributed by atoms with Crippen molar-refractivity contribution >= 4 is 27.4 Å². The van der Waals surface area contributed by atoms with Crippen LogP contribution in [0.3, 0.4) is 0 Å². The molecule has 27 heavy (non-hydrogen) atoms. The first-order chi connectivity index (χ1) is 13.1. The average molecular weight is 382 g/mol. The summed E-state index contributed by atoms with van der Waals surface area (Å²) < 4.78 is 0. The Morgan fingerprint density at radius 2 is 1.93 bits per heavy atom. The molecule has 1 atom stereocenters. The Morgan fingerprint density at radius 3 is 2.70 bits per heavy atom. The van der Waals surface area contributed by atoms with Gasteiger partial charge >= 0.3 is 0 Å². The Kier molecular flexibility index (Phi) is 5.36. The minimum atomic E-state index is 0.119. The second-order valence-corrected chi connectivity index (χ2v) is 8.88. The second-order valence-electron chi connectivity index (χ2n) is 7.79. The van der Waals surface area contributed by atoms with E-state index in [0.29, 0.717) is 5.92 Å².